The molecule has 0 spiro atoms. The molecule has 4 rings (SSSR count). The number of carbonyl (C=O) groups excluding carboxylic acids is 2. The van der Waals surface area contributed by atoms with Crippen molar-refractivity contribution in [3.8, 4) is 5.75 Å². The van der Waals surface area contributed by atoms with Crippen LogP contribution in [-0.4, -0.2) is 66.5 Å². The maximum atomic E-state index is 13.3. The summed E-state index contributed by atoms with van der Waals surface area (Å²) in [5.74, 6) is -0.00331. The van der Waals surface area contributed by atoms with Gasteiger partial charge in [0.15, 0.2) is 0 Å². The minimum Gasteiger partial charge on any atom is -0.497 e. The lowest BCUT2D eigenvalue weighted by Crippen LogP contribution is -2.40. The fourth-order valence-corrected chi connectivity index (χ4v) is 3.89. The van der Waals surface area contributed by atoms with Crippen molar-refractivity contribution in [2.45, 2.75) is 6.42 Å². The van der Waals surface area contributed by atoms with Gasteiger partial charge >= 0.3 is 0 Å². The number of benzene rings is 2. The maximum absolute atomic E-state index is 13.3. The molecule has 2 aliphatic heterocycles. The topological polar surface area (TPSA) is 102 Å². The smallest absolute Gasteiger partial charge is 0.277 e. The Morgan fingerprint density at radius 2 is 1.66 bits per heavy atom. The fourth-order valence-electron chi connectivity index (χ4n) is 3.89. The molecule has 9 nitrogen and oxygen atoms in total. The van der Waals surface area contributed by atoms with Crippen molar-refractivity contribution >= 4 is 23.1 Å². The van der Waals surface area contributed by atoms with Gasteiger partial charge in [-0.15, -0.1) is 0 Å². The van der Waals surface area contributed by atoms with Crippen LogP contribution >= 0.6 is 0 Å². The number of non-ortho nitro benzene ring substituents is 1. The molecule has 0 bridgehead atoms. The van der Waals surface area contributed by atoms with Gasteiger partial charge in [0.1, 0.15) is 11.4 Å². The van der Waals surface area contributed by atoms with Crippen molar-refractivity contribution in [3.05, 3.63) is 75.5 Å². The molecule has 9 heteroatoms. The van der Waals surface area contributed by atoms with Crippen molar-refractivity contribution in [3.63, 3.8) is 0 Å². The van der Waals surface area contributed by atoms with E-state index in [-0.39, 0.29) is 29.6 Å². The number of rotatable bonds is 7. The van der Waals surface area contributed by atoms with E-state index in [0.717, 1.165) is 11.3 Å². The largest absolute Gasteiger partial charge is 0.497 e. The van der Waals surface area contributed by atoms with E-state index in [9.17, 15) is 19.7 Å². The van der Waals surface area contributed by atoms with Crippen molar-refractivity contribution in [1.82, 2.24) is 9.80 Å². The Kier molecular flexibility index (Phi) is 6.18. The molecule has 0 unspecified atom stereocenters. The molecular weight excluding hydrogens is 414 g/mol. The van der Waals surface area contributed by atoms with Crippen LogP contribution in [0.15, 0.2) is 54.2 Å². The molecule has 1 saturated heterocycles. The van der Waals surface area contributed by atoms with Gasteiger partial charge in [-0.3, -0.25) is 24.6 Å². The van der Waals surface area contributed by atoms with Gasteiger partial charge in [-0.1, -0.05) is 12.1 Å². The summed E-state index contributed by atoms with van der Waals surface area (Å²) >= 11 is 0. The molecule has 0 N–H and O–H groups in total. The van der Waals surface area contributed by atoms with Gasteiger partial charge in [0.25, 0.3) is 17.5 Å². The number of amides is 2. The molecule has 0 saturated carbocycles. The van der Waals surface area contributed by atoms with E-state index in [0.29, 0.717) is 44.0 Å². The molecule has 166 valence electrons. The Hall–Kier alpha value is -3.72. The zero-order chi connectivity index (χ0) is 22.7. The monoisotopic (exact) mass is 437 g/mol. The molecule has 0 radical (unpaired) electrons. The SMILES string of the molecule is COc1ccc(CCN2C(=O)C(c3ccc([N+](=O)[O-])cc3)=C(N3CCOCC3)C2=O)cc1. The first-order valence-electron chi connectivity index (χ1n) is 10.3. The summed E-state index contributed by atoms with van der Waals surface area (Å²) in [5, 5.41) is 11.0. The minimum absolute atomic E-state index is 0.0737. The molecule has 32 heavy (non-hydrogen) atoms. The summed E-state index contributed by atoms with van der Waals surface area (Å²) in [4.78, 5) is 40.3. The number of methoxy groups -OCH3 is 1. The quantitative estimate of drug-likeness (QED) is 0.372. The molecule has 0 aromatic heterocycles. The van der Waals surface area contributed by atoms with Crippen molar-refractivity contribution < 1.29 is 24.0 Å². The number of carbonyl (C=O) groups is 2. The first-order chi connectivity index (χ1) is 15.5. The fraction of sp³-hybridized carbons (Fsp3) is 0.304. The average Bonchev–Trinajstić information content (AvgIpc) is 3.08. The van der Waals surface area contributed by atoms with Crippen LogP contribution in [0.4, 0.5) is 5.69 Å². The van der Waals surface area contributed by atoms with Crippen molar-refractivity contribution in [1.29, 1.82) is 0 Å². The van der Waals surface area contributed by atoms with Gasteiger partial charge in [-0.25, -0.2) is 0 Å². The van der Waals surface area contributed by atoms with E-state index in [1.165, 1.54) is 29.2 Å². The summed E-state index contributed by atoms with van der Waals surface area (Å²) < 4.78 is 10.6. The summed E-state index contributed by atoms with van der Waals surface area (Å²) in [6.07, 6.45) is 0.505. The average molecular weight is 437 g/mol. The van der Waals surface area contributed by atoms with Gasteiger partial charge in [-0.05, 0) is 41.8 Å². The number of nitro groups is 1. The number of morpholine rings is 1. The van der Waals surface area contributed by atoms with Gasteiger partial charge in [-0.2, -0.15) is 0 Å². The predicted molar refractivity (Wildman–Crippen MR) is 116 cm³/mol. The lowest BCUT2D eigenvalue weighted by molar-refractivity contribution is -0.384. The van der Waals surface area contributed by atoms with E-state index in [4.69, 9.17) is 9.47 Å². The second-order valence-electron chi connectivity index (χ2n) is 7.49. The number of nitrogens with zero attached hydrogens (tertiary/aromatic N) is 3. The Morgan fingerprint density at radius 1 is 1.00 bits per heavy atom. The van der Waals surface area contributed by atoms with Crippen LogP contribution in [0.5, 0.6) is 5.75 Å². The Labute approximate surface area is 185 Å². The first-order valence-corrected chi connectivity index (χ1v) is 10.3. The second kappa shape index (κ2) is 9.19. The zero-order valence-corrected chi connectivity index (χ0v) is 17.7. The van der Waals surface area contributed by atoms with Crippen LogP contribution in [0.3, 0.4) is 0 Å². The van der Waals surface area contributed by atoms with E-state index >= 15 is 0 Å². The van der Waals surface area contributed by atoms with Crippen molar-refractivity contribution in [2.75, 3.05) is 40.0 Å². The highest BCUT2D eigenvalue weighted by atomic mass is 16.6. The van der Waals surface area contributed by atoms with Gasteiger partial charge in [0, 0.05) is 31.8 Å². The lowest BCUT2D eigenvalue weighted by atomic mass is 10.0. The molecule has 2 heterocycles. The van der Waals surface area contributed by atoms with E-state index < -0.39 is 4.92 Å². The Morgan fingerprint density at radius 3 is 2.25 bits per heavy atom. The third kappa shape index (κ3) is 4.19. The Bertz CT molecular complexity index is 1060. The number of ether oxygens (including phenoxy) is 2. The number of hydrogen-bond donors (Lipinski definition) is 0. The molecular formula is C23H23N3O6. The van der Waals surface area contributed by atoms with Crippen LogP contribution in [-0.2, 0) is 20.7 Å². The molecule has 2 amide bonds. The molecule has 1 fully saturated rings. The summed E-state index contributed by atoms with van der Waals surface area (Å²) in [6.45, 7) is 2.15. The van der Waals surface area contributed by atoms with Gasteiger partial charge in [0.05, 0.1) is 30.8 Å². The molecule has 0 atom stereocenters. The number of imide groups is 1. The molecule has 2 aromatic rings. The van der Waals surface area contributed by atoms with Gasteiger partial charge < -0.3 is 14.4 Å². The number of hydrogen-bond acceptors (Lipinski definition) is 7. The zero-order valence-electron chi connectivity index (χ0n) is 17.7. The van der Waals surface area contributed by atoms with Crippen molar-refractivity contribution in [2.24, 2.45) is 0 Å². The summed E-state index contributed by atoms with van der Waals surface area (Å²) in [6, 6.07) is 13.2. The van der Waals surface area contributed by atoms with E-state index in [1.807, 2.05) is 29.2 Å². The van der Waals surface area contributed by atoms with Gasteiger partial charge in [0.2, 0.25) is 0 Å². The van der Waals surface area contributed by atoms with E-state index in [1.54, 1.807) is 7.11 Å². The third-order valence-electron chi connectivity index (χ3n) is 5.62. The highest BCUT2D eigenvalue weighted by Crippen LogP contribution is 2.33. The van der Waals surface area contributed by atoms with Crippen LogP contribution in [0.25, 0.3) is 5.57 Å². The van der Waals surface area contributed by atoms with Crippen LogP contribution in [0, 0.1) is 10.1 Å². The number of nitro benzene ring substituents is 1. The lowest BCUT2D eigenvalue weighted by Gasteiger charge is -2.29. The Balaban J connectivity index is 1.62. The summed E-state index contributed by atoms with van der Waals surface area (Å²) in [7, 11) is 1.59. The van der Waals surface area contributed by atoms with E-state index in [2.05, 4.69) is 0 Å². The summed E-state index contributed by atoms with van der Waals surface area (Å²) in [5.41, 5.74) is 2.00. The van der Waals surface area contributed by atoms with Crippen LogP contribution in [0.1, 0.15) is 11.1 Å². The maximum Gasteiger partial charge on any atom is 0.277 e. The minimum atomic E-state index is -0.496. The highest BCUT2D eigenvalue weighted by Gasteiger charge is 2.41. The predicted octanol–water partition coefficient (Wildman–Crippen LogP) is 2.26. The highest BCUT2D eigenvalue weighted by molar-refractivity contribution is 6.35. The first kappa shape index (κ1) is 21.5. The standard InChI is InChI=1S/C23H23N3O6/c1-31-19-8-2-16(3-9-19)10-11-25-22(27)20(17-4-6-18(7-5-17)26(29)30)21(23(25)28)24-12-14-32-15-13-24/h2-9H,10-15H2,1H3. The molecule has 2 aliphatic rings. The van der Waals surface area contributed by atoms with Crippen LogP contribution < -0.4 is 4.74 Å². The molecule has 2 aromatic carbocycles. The van der Waals surface area contributed by atoms with Crippen LogP contribution in [0.2, 0.25) is 0 Å². The molecule has 0 aliphatic carbocycles. The second-order valence-corrected chi connectivity index (χ2v) is 7.49. The normalized spacial score (nSPS) is 16.7. The third-order valence-corrected chi connectivity index (χ3v) is 5.62.